The van der Waals surface area contributed by atoms with Crippen LogP contribution in [0.15, 0.2) is 67.6 Å². The van der Waals surface area contributed by atoms with Crippen LogP contribution in [0.1, 0.15) is 27.1 Å². The van der Waals surface area contributed by atoms with Gasteiger partial charge in [0.1, 0.15) is 0 Å². The fourth-order valence-corrected chi connectivity index (χ4v) is 4.79. The van der Waals surface area contributed by atoms with E-state index in [0.29, 0.717) is 17.7 Å². The second-order valence-electron chi connectivity index (χ2n) is 9.14. The van der Waals surface area contributed by atoms with Crippen LogP contribution in [0.2, 0.25) is 0 Å². The summed E-state index contributed by atoms with van der Waals surface area (Å²) < 4.78 is 39.4. The zero-order valence-electron chi connectivity index (χ0n) is 21.9. The molecule has 0 saturated carbocycles. The van der Waals surface area contributed by atoms with Crippen molar-refractivity contribution in [3.63, 3.8) is 0 Å². The first kappa shape index (κ1) is 28.3. The molecule has 0 aliphatic carbocycles. The summed E-state index contributed by atoms with van der Waals surface area (Å²) in [5, 5.41) is 6.11. The van der Waals surface area contributed by atoms with Crippen molar-refractivity contribution in [1.82, 2.24) is 19.8 Å². The van der Waals surface area contributed by atoms with Gasteiger partial charge in [0.15, 0.2) is 5.13 Å². The molecule has 3 heterocycles. The summed E-state index contributed by atoms with van der Waals surface area (Å²) in [5.41, 5.74) is 1.23. The van der Waals surface area contributed by atoms with Crippen LogP contribution < -0.4 is 5.32 Å². The Labute approximate surface area is 231 Å². The summed E-state index contributed by atoms with van der Waals surface area (Å²) >= 11 is 1.54. The van der Waals surface area contributed by atoms with Crippen LogP contribution >= 0.6 is 11.3 Å². The quantitative estimate of drug-likeness (QED) is 0.306. The fourth-order valence-electron chi connectivity index (χ4n) is 4.16. The second-order valence-corrected chi connectivity index (χ2v) is 10.2. The zero-order valence-corrected chi connectivity index (χ0v) is 22.7. The molecule has 5 rings (SSSR count). The Balaban J connectivity index is 0.000000181. The highest BCUT2D eigenvalue weighted by atomic mass is 32.1. The number of likely N-dealkylation sites (N-methyl/N-ethyl adjacent to an activating group) is 1. The lowest BCUT2D eigenvalue weighted by molar-refractivity contribution is -0.138. The van der Waals surface area contributed by atoms with Gasteiger partial charge in [-0.1, -0.05) is 66.3 Å². The third-order valence-electron chi connectivity index (χ3n) is 6.37. The van der Waals surface area contributed by atoms with Crippen LogP contribution in [-0.4, -0.2) is 60.0 Å². The maximum absolute atomic E-state index is 13.1. The summed E-state index contributed by atoms with van der Waals surface area (Å²) in [7, 11) is 3.88. The molecule has 5 nitrogen and oxygen atoms in total. The number of pyridine rings is 1. The SMILES string of the molecule is C=Cc1ccc(CN2CCN(C)CC2)c(C(F)(F)F)c1.CNc1ncc(C#Cc2cncc3ccccc23)s1. The molecule has 1 N–H and O–H groups in total. The molecule has 0 bridgehead atoms. The van der Waals surface area contributed by atoms with Crippen LogP contribution in [-0.2, 0) is 12.7 Å². The van der Waals surface area contributed by atoms with Gasteiger partial charge in [0.05, 0.1) is 22.2 Å². The van der Waals surface area contributed by atoms with Crippen molar-refractivity contribution in [2.24, 2.45) is 0 Å². The van der Waals surface area contributed by atoms with Crippen molar-refractivity contribution in [2.75, 3.05) is 45.6 Å². The molecule has 1 aliphatic heterocycles. The molecule has 0 amide bonds. The lowest BCUT2D eigenvalue weighted by Crippen LogP contribution is -2.44. The van der Waals surface area contributed by atoms with Gasteiger partial charge in [0, 0.05) is 62.9 Å². The molecular formula is C30H30F3N5S. The normalized spacial score (nSPS) is 14.2. The summed E-state index contributed by atoms with van der Waals surface area (Å²) in [6.45, 7) is 7.27. The van der Waals surface area contributed by atoms with E-state index in [-0.39, 0.29) is 0 Å². The fraction of sp³-hybridized carbons (Fsp3) is 0.267. The number of halogens is 3. The molecular weight excluding hydrogens is 519 g/mol. The average molecular weight is 550 g/mol. The van der Waals surface area contributed by atoms with Crippen molar-refractivity contribution in [3.05, 3.63) is 94.8 Å². The molecule has 39 heavy (non-hydrogen) atoms. The number of aromatic nitrogens is 2. The molecule has 2 aromatic carbocycles. The molecule has 4 aromatic rings. The monoisotopic (exact) mass is 549 g/mol. The van der Waals surface area contributed by atoms with Gasteiger partial charge in [0.2, 0.25) is 0 Å². The molecule has 2 aromatic heterocycles. The molecule has 0 spiro atoms. The van der Waals surface area contributed by atoms with Crippen LogP contribution in [0.4, 0.5) is 18.3 Å². The van der Waals surface area contributed by atoms with E-state index in [9.17, 15) is 13.2 Å². The van der Waals surface area contributed by atoms with E-state index < -0.39 is 11.7 Å². The number of anilines is 1. The van der Waals surface area contributed by atoms with E-state index in [1.807, 2.05) is 38.5 Å². The maximum Gasteiger partial charge on any atom is 0.416 e. The van der Waals surface area contributed by atoms with E-state index in [4.69, 9.17) is 0 Å². The average Bonchev–Trinajstić information content (AvgIpc) is 3.41. The van der Waals surface area contributed by atoms with Gasteiger partial charge in [0.25, 0.3) is 0 Å². The van der Waals surface area contributed by atoms with Gasteiger partial charge in [-0.15, -0.1) is 0 Å². The van der Waals surface area contributed by atoms with Gasteiger partial charge in [-0.3, -0.25) is 9.88 Å². The minimum absolute atomic E-state index is 0.340. The van der Waals surface area contributed by atoms with Crippen LogP contribution in [0, 0.1) is 11.8 Å². The first-order chi connectivity index (χ1) is 18.8. The first-order valence-electron chi connectivity index (χ1n) is 12.5. The number of hydrogen-bond acceptors (Lipinski definition) is 6. The number of nitrogens with one attached hydrogen (secondary N) is 1. The van der Waals surface area contributed by atoms with Crippen molar-refractivity contribution in [2.45, 2.75) is 12.7 Å². The number of benzene rings is 2. The van der Waals surface area contributed by atoms with Gasteiger partial charge < -0.3 is 10.2 Å². The largest absolute Gasteiger partial charge is 0.416 e. The lowest BCUT2D eigenvalue weighted by atomic mass is 10.0. The summed E-state index contributed by atoms with van der Waals surface area (Å²) in [6, 6.07) is 12.6. The topological polar surface area (TPSA) is 44.3 Å². The molecule has 0 radical (unpaired) electrons. The Morgan fingerprint density at radius 1 is 1.05 bits per heavy atom. The number of piperazine rings is 1. The first-order valence-corrected chi connectivity index (χ1v) is 13.3. The van der Waals surface area contributed by atoms with Gasteiger partial charge in [-0.05, 0) is 30.2 Å². The van der Waals surface area contributed by atoms with Crippen LogP contribution in [0.5, 0.6) is 0 Å². The van der Waals surface area contributed by atoms with E-state index >= 15 is 0 Å². The van der Waals surface area contributed by atoms with Crippen molar-refractivity contribution < 1.29 is 13.2 Å². The zero-order chi connectivity index (χ0) is 27.8. The van der Waals surface area contributed by atoms with Gasteiger partial charge in [-0.25, -0.2) is 4.98 Å². The third kappa shape index (κ3) is 7.67. The van der Waals surface area contributed by atoms with Gasteiger partial charge in [-0.2, -0.15) is 13.2 Å². The van der Waals surface area contributed by atoms with E-state index in [0.717, 1.165) is 52.5 Å². The Bertz CT molecular complexity index is 1470. The number of fused-ring (bicyclic) bond motifs is 1. The molecule has 1 fully saturated rings. The Morgan fingerprint density at radius 2 is 1.82 bits per heavy atom. The highest BCUT2D eigenvalue weighted by molar-refractivity contribution is 7.16. The highest BCUT2D eigenvalue weighted by Crippen LogP contribution is 2.33. The second kappa shape index (κ2) is 12.9. The Morgan fingerprint density at radius 3 is 2.51 bits per heavy atom. The Kier molecular flexibility index (Phi) is 9.36. The maximum atomic E-state index is 13.1. The van der Waals surface area contributed by atoms with E-state index in [1.165, 1.54) is 12.1 Å². The summed E-state index contributed by atoms with van der Waals surface area (Å²) in [6.07, 6.45) is 2.56. The van der Waals surface area contributed by atoms with Crippen molar-refractivity contribution >= 4 is 33.3 Å². The number of nitrogens with zero attached hydrogens (tertiary/aromatic N) is 4. The van der Waals surface area contributed by atoms with Crippen molar-refractivity contribution in [1.29, 1.82) is 0 Å². The third-order valence-corrected chi connectivity index (χ3v) is 7.30. The number of alkyl halides is 3. The standard InChI is InChI=1S/C15H19F3N2.C15H11N3S/c1-3-12-4-5-13(14(10-12)15(16,17)18)11-20-8-6-19(2)7-9-20;1-16-15-18-10-13(19-15)7-6-12-9-17-8-11-4-2-3-5-14(11)12/h3-5,10H,1,6-9,11H2,2H3;2-5,8-10H,1H3,(H,16,18). The minimum Gasteiger partial charge on any atom is -0.365 e. The van der Waals surface area contributed by atoms with Crippen molar-refractivity contribution in [3.8, 4) is 11.8 Å². The Hall–Kier alpha value is -3.71. The molecule has 9 heteroatoms. The molecule has 0 atom stereocenters. The highest BCUT2D eigenvalue weighted by Gasteiger charge is 2.34. The number of rotatable bonds is 4. The van der Waals surface area contributed by atoms with Gasteiger partial charge >= 0.3 is 6.18 Å². The van der Waals surface area contributed by atoms with E-state index in [1.54, 1.807) is 35.9 Å². The molecule has 202 valence electrons. The molecule has 1 saturated heterocycles. The lowest BCUT2D eigenvalue weighted by Gasteiger charge is -2.32. The smallest absolute Gasteiger partial charge is 0.365 e. The summed E-state index contributed by atoms with van der Waals surface area (Å²) in [4.78, 5) is 13.6. The molecule has 1 aliphatic rings. The van der Waals surface area contributed by atoms with Crippen LogP contribution in [0.3, 0.4) is 0 Å². The van der Waals surface area contributed by atoms with Crippen LogP contribution in [0.25, 0.3) is 16.8 Å². The number of hydrogen-bond donors (Lipinski definition) is 1. The molecule has 0 unspecified atom stereocenters. The predicted molar refractivity (Wildman–Crippen MR) is 154 cm³/mol. The summed E-state index contributed by atoms with van der Waals surface area (Å²) in [5.74, 6) is 6.31. The predicted octanol–water partition coefficient (Wildman–Crippen LogP) is 6.23. The van der Waals surface area contributed by atoms with E-state index in [2.05, 4.69) is 49.6 Å². The minimum atomic E-state index is -4.32. The number of thiazole rings is 1.